The van der Waals surface area contributed by atoms with Crippen LogP contribution in [0.3, 0.4) is 0 Å². The Labute approximate surface area is 133 Å². The molecule has 0 spiro atoms. The van der Waals surface area contributed by atoms with Gasteiger partial charge in [-0.2, -0.15) is 0 Å². The lowest BCUT2D eigenvalue weighted by atomic mass is 10.0. The number of aliphatic hydroxyl groups is 3. The monoisotopic (exact) mass is 336 g/mol. The number of aliphatic carboxylic acids is 1. The number of ether oxygens (including phenoxy) is 4. The van der Waals surface area contributed by atoms with Gasteiger partial charge in [-0.15, -0.1) is 0 Å². The van der Waals surface area contributed by atoms with Crippen molar-refractivity contribution in [3.8, 4) is 0 Å². The quantitative estimate of drug-likeness (QED) is 0.473. The number of carboxylic acid groups (broad SMARTS) is 1. The fourth-order valence-corrected chi connectivity index (χ4v) is 2.67. The van der Waals surface area contributed by atoms with Crippen LogP contribution in [-0.4, -0.2) is 82.7 Å². The molecule has 2 heterocycles. The molecule has 0 aliphatic carbocycles. The number of carboxylic acids is 1. The van der Waals surface area contributed by atoms with Crippen LogP contribution >= 0.6 is 0 Å². The molecule has 0 aromatic heterocycles. The summed E-state index contributed by atoms with van der Waals surface area (Å²) >= 11 is 0. The molecule has 23 heavy (non-hydrogen) atoms. The molecule has 4 unspecified atom stereocenters. The summed E-state index contributed by atoms with van der Waals surface area (Å²) in [5.74, 6) is -1.17. The lowest BCUT2D eigenvalue weighted by molar-refractivity contribution is -0.279. The average Bonchev–Trinajstić information content (AvgIpc) is 2.49. The molecule has 134 valence electrons. The van der Waals surface area contributed by atoms with Crippen LogP contribution in [0.15, 0.2) is 0 Å². The molecule has 4 N–H and O–H groups in total. The van der Waals surface area contributed by atoms with Crippen LogP contribution in [0.4, 0.5) is 0 Å². The molecule has 7 atom stereocenters. The summed E-state index contributed by atoms with van der Waals surface area (Å²) in [6.45, 7) is 2.07. The summed E-state index contributed by atoms with van der Waals surface area (Å²) in [6.07, 6.45) is -6.22. The maximum absolute atomic E-state index is 11.0. The van der Waals surface area contributed by atoms with Crippen LogP contribution in [0.5, 0.6) is 0 Å². The largest absolute Gasteiger partial charge is 0.479 e. The molecule has 0 aromatic rings. The normalized spacial score (nSPS) is 41.7. The molecule has 0 aromatic carbocycles. The summed E-state index contributed by atoms with van der Waals surface area (Å²) in [5.41, 5.74) is 0. The molecule has 0 amide bonds. The van der Waals surface area contributed by atoms with Crippen molar-refractivity contribution in [2.45, 2.75) is 69.3 Å². The minimum atomic E-state index is -1.17. The van der Waals surface area contributed by atoms with Gasteiger partial charge < -0.3 is 39.4 Å². The number of aliphatic hydroxyl groups excluding tert-OH is 3. The van der Waals surface area contributed by atoms with Crippen molar-refractivity contribution in [3.05, 3.63) is 0 Å². The maximum atomic E-state index is 11.0. The third-order valence-corrected chi connectivity index (χ3v) is 3.88. The highest BCUT2D eigenvalue weighted by Crippen LogP contribution is 2.24. The van der Waals surface area contributed by atoms with Crippen molar-refractivity contribution < 1.29 is 44.2 Å². The van der Waals surface area contributed by atoms with Gasteiger partial charge in [0.05, 0.1) is 18.8 Å². The zero-order valence-corrected chi connectivity index (χ0v) is 12.9. The van der Waals surface area contributed by atoms with Crippen LogP contribution in [0.2, 0.25) is 0 Å². The molecule has 2 rings (SSSR count). The minimum absolute atomic E-state index is 0.00285. The van der Waals surface area contributed by atoms with E-state index in [1.165, 1.54) is 0 Å². The van der Waals surface area contributed by atoms with E-state index in [4.69, 9.17) is 24.1 Å². The second-order valence-electron chi connectivity index (χ2n) is 5.70. The first-order valence-corrected chi connectivity index (χ1v) is 7.71. The lowest BCUT2D eigenvalue weighted by Crippen LogP contribution is -2.51. The topological polar surface area (TPSA) is 135 Å². The van der Waals surface area contributed by atoms with Crippen LogP contribution < -0.4 is 0 Å². The van der Waals surface area contributed by atoms with E-state index in [0.717, 1.165) is 0 Å². The first-order valence-electron chi connectivity index (χ1n) is 7.71. The number of hydrogen-bond donors (Lipinski definition) is 4. The van der Waals surface area contributed by atoms with Crippen molar-refractivity contribution in [1.82, 2.24) is 0 Å². The van der Waals surface area contributed by atoms with Gasteiger partial charge in [-0.05, 0) is 6.92 Å². The summed E-state index contributed by atoms with van der Waals surface area (Å²) in [6, 6.07) is 0. The van der Waals surface area contributed by atoms with Crippen molar-refractivity contribution in [2.75, 3.05) is 13.2 Å². The van der Waals surface area contributed by atoms with Gasteiger partial charge in [0.15, 0.2) is 18.7 Å². The Kier molecular flexibility index (Phi) is 6.72. The van der Waals surface area contributed by atoms with Gasteiger partial charge in [0, 0.05) is 25.9 Å². The highest BCUT2D eigenvalue weighted by Gasteiger charge is 2.39. The Bertz CT molecular complexity index is 390. The third-order valence-electron chi connectivity index (χ3n) is 3.88. The molecule has 9 heteroatoms. The van der Waals surface area contributed by atoms with Crippen molar-refractivity contribution in [3.63, 3.8) is 0 Å². The summed E-state index contributed by atoms with van der Waals surface area (Å²) in [5, 5.41) is 38.4. The van der Waals surface area contributed by atoms with Crippen LogP contribution in [0, 0.1) is 0 Å². The Morgan fingerprint density at radius 2 is 1.78 bits per heavy atom. The standard InChI is InChI=1S/C14H24O9/c1-2-20-12-5-8(16)13(17)10(23-12)6-21-11-4-7(15)3-9(22-11)14(18)19/h7-13,15-17H,2-6H2,1H3,(H,18,19)/t7?,8?,9?,10-,11?,12+,13+/m1/s1. The van der Waals surface area contributed by atoms with Crippen molar-refractivity contribution >= 4 is 5.97 Å². The predicted octanol–water partition coefficient (Wildman–Crippen LogP) is -1.17. The first kappa shape index (κ1) is 18.5. The van der Waals surface area contributed by atoms with Gasteiger partial charge >= 0.3 is 5.97 Å². The molecule has 9 nitrogen and oxygen atoms in total. The summed E-state index contributed by atoms with van der Waals surface area (Å²) < 4.78 is 21.5. The van der Waals surface area contributed by atoms with Gasteiger partial charge in [0.2, 0.25) is 0 Å². The zero-order chi connectivity index (χ0) is 17.0. The molecule has 2 saturated heterocycles. The van der Waals surface area contributed by atoms with Gasteiger partial charge in [-0.1, -0.05) is 0 Å². The number of hydrogen-bond acceptors (Lipinski definition) is 8. The van der Waals surface area contributed by atoms with E-state index in [1.54, 1.807) is 6.92 Å². The third kappa shape index (κ3) is 5.08. The maximum Gasteiger partial charge on any atom is 0.333 e. The predicted molar refractivity (Wildman–Crippen MR) is 74.4 cm³/mol. The van der Waals surface area contributed by atoms with Crippen molar-refractivity contribution in [1.29, 1.82) is 0 Å². The molecule has 0 bridgehead atoms. The average molecular weight is 336 g/mol. The van der Waals surface area contributed by atoms with Gasteiger partial charge in [-0.3, -0.25) is 0 Å². The smallest absolute Gasteiger partial charge is 0.333 e. The Hall–Kier alpha value is -0.810. The second kappa shape index (κ2) is 8.34. The van der Waals surface area contributed by atoms with Gasteiger partial charge in [-0.25, -0.2) is 4.79 Å². The lowest BCUT2D eigenvalue weighted by Gasteiger charge is -2.38. The fourth-order valence-electron chi connectivity index (χ4n) is 2.67. The molecule has 2 fully saturated rings. The SMILES string of the molecule is CCO[C@@H]1CC(O)[C@H](O)[C@@H](COC2CC(O)CC(C(=O)O)O2)O1. The second-order valence-corrected chi connectivity index (χ2v) is 5.70. The highest BCUT2D eigenvalue weighted by molar-refractivity contribution is 5.72. The van der Waals surface area contributed by atoms with E-state index in [-0.39, 0.29) is 25.9 Å². The van der Waals surface area contributed by atoms with E-state index < -0.39 is 49.1 Å². The molecular weight excluding hydrogens is 312 g/mol. The van der Waals surface area contributed by atoms with E-state index in [1.807, 2.05) is 0 Å². The van der Waals surface area contributed by atoms with E-state index >= 15 is 0 Å². The fraction of sp³-hybridized carbons (Fsp3) is 0.929. The minimum Gasteiger partial charge on any atom is -0.479 e. The van der Waals surface area contributed by atoms with Crippen molar-refractivity contribution in [2.24, 2.45) is 0 Å². The van der Waals surface area contributed by atoms with Crippen LogP contribution in [0.25, 0.3) is 0 Å². The molecule has 2 aliphatic heterocycles. The molecule has 2 aliphatic rings. The molecule has 0 saturated carbocycles. The molecular formula is C14H24O9. The number of carbonyl (C=O) groups is 1. The summed E-state index contributed by atoms with van der Waals surface area (Å²) in [4.78, 5) is 11.0. The Morgan fingerprint density at radius 3 is 2.43 bits per heavy atom. The van der Waals surface area contributed by atoms with E-state index in [2.05, 4.69) is 0 Å². The van der Waals surface area contributed by atoms with Crippen LogP contribution in [0.1, 0.15) is 26.2 Å². The van der Waals surface area contributed by atoms with E-state index in [0.29, 0.717) is 6.61 Å². The summed E-state index contributed by atoms with van der Waals surface area (Å²) in [7, 11) is 0. The van der Waals surface area contributed by atoms with Gasteiger partial charge in [0.25, 0.3) is 0 Å². The molecule has 0 radical (unpaired) electrons. The van der Waals surface area contributed by atoms with Gasteiger partial charge in [0.1, 0.15) is 12.2 Å². The highest BCUT2D eigenvalue weighted by atomic mass is 16.7. The first-order chi connectivity index (χ1) is 10.9. The number of rotatable bonds is 6. The van der Waals surface area contributed by atoms with Crippen LogP contribution in [-0.2, 0) is 23.7 Å². The zero-order valence-electron chi connectivity index (χ0n) is 12.9. The Morgan fingerprint density at radius 1 is 1.09 bits per heavy atom. The Balaban J connectivity index is 1.86. The van der Waals surface area contributed by atoms with E-state index in [9.17, 15) is 20.1 Å².